The van der Waals surface area contributed by atoms with Gasteiger partial charge in [-0.15, -0.1) is 24.8 Å². The third-order valence-electron chi connectivity index (χ3n) is 4.34. The van der Waals surface area contributed by atoms with Crippen molar-refractivity contribution in [2.75, 3.05) is 29.9 Å². The molecule has 0 aliphatic carbocycles. The van der Waals surface area contributed by atoms with Gasteiger partial charge in [0.2, 0.25) is 5.91 Å². The van der Waals surface area contributed by atoms with Gasteiger partial charge in [-0.05, 0) is 29.7 Å². The van der Waals surface area contributed by atoms with Crippen LogP contribution in [0.3, 0.4) is 0 Å². The van der Waals surface area contributed by atoms with Gasteiger partial charge in [0.25, 0.3) is 0 Å². The van der Waals surface area contributed by atoms with E-state index in [2.05, 4.69) is 22.3 Å². The van der Waals surface area contributed by atoms with Crippen LogP contribution in [-0.4, -0.2) is 41.4 Å². The van der Waals surface area contributed by atoms with E-state index in [9.17, 15) is 4.79 Å². The summed E-state index contributed by atoms with van der Waals surface area (Å²) in [6.45, 7) is 3.19. The van der Waals surface area contributed by atoms with Crippen molar-refractivity contribution in [2.24, 2.45) is 5.73 Å². The summed E-state index contributed by atoms with van der Waals surface area (Å²) in [5, 5.41) is 2.95. The Labute approximate surface area is 178 Å². The standard InChI is InChI=1S/C20H25N3OS.2ClH/c21-19(14-16-5-2-1-3-6-16)20(24)22-18-8-4-7-17(13-18)15-23-9-11-25-12-10-23;;/h1-8,13,19H,9-12,14-15,21H2,(H,22,24);2*1H. The fourth-order valence-corrected chi connectivity index (χ4v) is 3.94. The van der Waals surface area contributed by atoms with E-state index in [1.54, 1.807) is 0 Å². The van der Waals surface area contributed by atoms with Crippen molar-refractivity contribution >= 4 is 48.2 Å². The van der Waals surface area contributed by atoms with Crippen LogP contribution in [0, 0.1) is 0 Å². The molecule has 0 aromatic heterocycles. The van der Waals surface area contributed by atoms with Crippen molar-refractivity contribution < 1.29 is 4.79 Å². The molecule has 1 aliphatic rings. The van der Waals surface area contributed by atoms with Crippen molar-refractivity contribution in [2.45, 2.75) is 19.0 Å². The summed E-state index contributed by atoms with van der Waals surface area (Å²) in [7, 11) is 0. The summed E-state index contributed by atoms with van der Waals surface area (Å²) >= 11 is 2.01. The monoisotopic (exact) mass is 427 g/mol. The molecule has 0 radical (unpaired) electrons. The topological polar surface area (TPSA) is 58.4 Å². The third-order valence-corrected chi connectivity index (χ3v) is 5.28. The highest BCUT2D eigenvalue weighted by molar-refractivity contribution is 7.99. The van der Waals surface area contributed by atoms with Crippen LogP contribution in [0.4, 0.5) is 5.69 Å². The van der Waals surface area contributed by atoms with Crippen molar-refractivity contribution in [1.82, 2.24) is 4.90 Å². The Morgan fingerprint density at radius 1 is 1.04 bits per heavy atom. The van der Waals surface area contributed by atoms with E-state index in [-0.39, 0.29) is 30.7 Å². The Hall–Kier alpha value is -1.24. The second-order valence-electron chi connectivity index (χ2n) is 6.37. The lowest BCUT2D eigenvalue weighted by Gasteiger charge is -2.26. The minimum atomic E-state index is -0.551. The molecular weight excluding hydrogens is 401 g/mol. The van der Waals surface area contributed by atoms with Crippen LogP contribution in [0.25, 0.3) is 0 Å². The first-order chi connectivity index (χ1) is 12.2. The molecule has 1 saturated heterocycles. The molecule has 148 valence electrons. The molecule has 1 atom stereocenters. The van der Waals surface area contributed by atoms with Crippen molar-refractivity contribution in [3.63, 3.8) is 0 Å². The molecule has 27 heavy (non-hydrogen) atoms. The van der Waals surface area contributed by atoms with Crippen molar-refractivity contribution in [1.29, 1.82) is 0 Å². The molecule has 2 aromatic rings. The number of thioether (sulfide) groups is 1. The fraction of sp³-hybridized carbons (Fsp3) is 0.350. The Balaban J connectivity index is 0.00000182. The molecule has 2 aromatic carbocycles. The maximum Gasteiger partial charge on any atom is 0.241 e. The van der Waals surface area contributed by atoms with Crippen LogP contribution in [0.15, 0.2) is 54.6 Å². The van der Waals surface area contributed by atoms with Gasteiger partial charge in [0.05, 0.1) is 6.04 Å². The van der Waals surface area contributed by atoms with E-state index in [1.807, 2.05) is 54.2 Å². The average Bonchev–Trinajstić information content (AvgIpc) is 2.63. The predicted molar refractivity (Wildman–Crippen MR) is 120 cm³/mol. The largest absolute Gasteiger partial charge is 0.325 e. The highest BCUT2D eigenvalue weighted by atomic mass is 35.5. The SMILES string of the molecule is Cl.Cl.NC(Cc1ccccc1)C(=O)Nc1cccc(CN2CCSCC2)c1. The summed E-state index contributed by atoms with van der Waals surface area (Å²) in [6, 6.07) is 17.4. The van der Waals surface area contributed by atoms with Gasteiger partial charge in [-0.1, -0.05) is 42.5 Å². The van der Waals surface area contributed by atoms with Gasteiger partial charge in [0.1, 0.15) is 0 Å². The Morgan fingerprint density at radius 2 is 1.70 bits per heavy atom. The fourth-order valence-electron chi connectivity index (χ4n) is 2.96. The number of anilines is 1. The van der Waals surface area contributed by atoms with E-state index >= 15 is 0 Å². The predicted octanol–water partition coefficient (Wildman–Crippen LogP) is 3.59. The number of halogens is 2. The molecule has 1 heterocycles. The number of hydrogen-bond acceptors (Lipinski definition) is 4. The van der Waals surface area contributed by atoms with Crippen molar-refractivity contribution in [3.05, 3.63) is 65.7 Å². The summed E-state index contributed by atoms with van der Waals surface area (Å²) < 4.78 is 0. The van der Waals surface area contributed by atoms with E-state index in [1.165, 1.54) is 17.1 Å². The molecule has 0 spiro atoms. The number of benzene rings is 2. The number of nitrogens with one attached hydrogen (secondary N) is 1. The van der Waals surface area contributed by atoms with Gasteiger partial charge in [0.15, 0.2) is 0 Å². The molecule has 1 aliphatic heterocycles. The summed E-state index contributed by atoms with van der Waals surface area (Å²) in [5.74, 6) is 2.26. The minimum absolute atomic E-state index is 0. The second-order valence-corrected chi connectivity index (χ2v) is 7.60. The number of nitrogens with zero attached hydrogens (tertiary/aromatic N) is 1. The molecule has 1 amide bonds. The molecular formula is C20H27Cl2N3OS. The number of rotatable bonds is 6. The maximum absolute atomic E-state index is 12.4. The lowest BCUT2D eigenvalue weighted by Crippen LogP contribution is -2.37. The average molecular weight is 428 g/mol. The lowest BCUT2D eigenvalue weighted by atomic mass is 10.1. The quantitative estimate of drug-likeness (QED) is 0.739. The third kappa shape index (κ3) is 7.72. The number of nitrogens with two attached hydrogens (primary N) is 1. The zero-order valence-electron chi connectivity index (χ0n) is 15.2. The summed E-state index contributed by atoms with van der Waals surface area (Å²) in [6.07, 6.45) is 0.539. The van der Waals surface area contributed by atoms with Crippen LogP contribution in [0.1, 0.15) is 11.1 Å². The Kier molecular flexibility index (Phi) is 10.8. The van der Waals surface area contributed by atoms with E-state index in [0.29, 0.717) is 6.42 Å². The number of carbonyl (C=O) groups excluding carboxylic acids is 1. The number of hydrogen-bond donors (Lipinski definition) is 2. The zero-order chi connectivity index (χ0) is 17.5. The van der Waals surface area contributed by atoms with Gasteiger partial charge in [-0.25, -0.2) is 0 Å². The maximum atomic E-state index is 12.4. The van der Waals surface area contributed by atoms with Crippen LogP contribution < -0.4 is 11.1 Å². The Morgan fingerprint density at radius 3 is 2.41 bits per heavy atom. The molecule has 1 unspecified atom stereocenters. The minimum Gasteiger partial charge on any atom is -0.325 e. The smallest absolute Gasteiger partial charge is 0.241 e. The number of carbonyl (C=O) groups is 1. The van der Waals surface area contributed by atoms with Gasteiger partial charge in [0, 0.05) is 36.8 Å². The van der Waals surface area contributed by atoms with Crippen LogP contribution in [0.5, 0.6) is 0 Å². The highest BCUT2D eigenvalue weighted by Gasteiger charge is 2.15. The normalized spacial score (nSPS) is 15.1. The van der Waals surface area contributed by atoms with Gasteiger partial charge < -0.3 is 11.1 Å². The molecule has 3 N–H and O–H groups in total. The lowest BCUT2D eigenvalue weighted by molar-refractivity contribution is -0.117. The van der Waals surface area contributed by atoms with Crippen molar-refractivity contribution in [3.8, 4) is 0 Å². The molecule has 3 rings (SSSR count). The summed E-state index contributed by atoms with van der Waals surface area (Å²) in [5.41, 5.74) is 9.17. The summed E-state index contributed by atoms with van der Waals surface area (Å²) in [4.78, 5) is 14.8. The number of amides is 1. The van der Waals surface area contributed by atoms with Gasteiger partial charge in [-0.2, -0.15) is 11.8 Å². The molecule has 4 nitrogen and oxygen atoms in total. The van der Waals surface area contributed by atoms with E-state index in [4.69, 9.17) is 5.73 Å². The molecule has 1 fully saturated rings. The first-order valence-electron chi connectivity index (χ1n) is 8.70. The molecule has 0 bridgehead atoms. The Bertz CT molecular complexity index is 697. The second kappa shape index (κ2) is 12.3. The highest BCUT2D eigenvalue weighted by Crippen LogP contribution is 2.16. The molecule has 0 saturated carbocycles. The van der Waals surface area contributed by atoms with Crippen LogP contribution >= 0.6 is 36.6 Å². The molecule has 7 heteroatoms. The zero-order valence-corrected chi connectivity index (χ0v) is 17.6. The van der Waals surface area contributed by atoms with Gasteiger partial charge in [-0.3, -0.25) is 9.69 Å². The van der Waals surface area contributed by atoms with E-state index in [0.717, 1.165) is 30.9 Å². The first-order valence-corrected chi connectivity index (χ1v) is 9.85. The van der Waals surface area contributed by atoms with E-state index < -0.39 is 6.04 Å². The van der Waals surface area contributed by atoms with Crippen LogP contribution in [-0.2, 0) is 17.8 Å². The van der Waals surface area contributed by atoms with Crippen LogP contribution in [0.2, 0.25) is 0 Å². The first kappa shape index (κ1) is 23.8. The van der Waals surface area contributed by atoms with Gasteiger partial charge >= 0.3 is 0 Å².